The van der Waals surface area contributed by atoms with E-state index in [0.717, 1.165) is 4.90 Å². The van der Waals surface area contributed by atoms with Crippen molar-refractivity contribution in [2.45, 2.75) is 54.9 Å². The molecule has 0 bridgehead atoms. The maximum absolute atomic E-state index is 15.8. The summed E-state index contributed by atoms with van der Waals surface area (Å²) in [5.41, 5.74) is 0.855. The number of sulfonamides is 1. The zero-order valence-electron chi connectivity index (χ0n) is 18.5. The molecule has 0 aromatic heterocycles. The fourth-order valence-electron chi connectivity index (χ4n) is 4.53. The van der Waals surface area contributed by atoms with Gasteiger partial charge in [-0.2, -0.15) is 0 Å². The number of rotatable bonds is 7. The van der Waals surface area contributed by atoms with E-state index in [1.807, 2.05) is 4.72 Å². The van der Waals surface area contributed by atoms with Gasteiger partial charge in [0.05, 0.1) is 24.9 Å². The van der Waals surface area contributed by atoms with Crippen LogP contribution in [0.2, 0.25) is 0 Å². The van der Waals surface area contributed by atoms with Crippen molar-refractivity contribution in [3.8, 4) is 0 Å². The maximum atomic E-state index is 15.8. The molecule has 2 saturated heterocycles. The first-order chi connectivity index (χ1) is 16.0. The molecule has 34 heavy (non-hydrogen) atoms. The number of carbonyl (C=O) groups is 1. The van der Waals surface area contributed by atoms with Crippen LogP contribution in [-0.4, -0.2) is 73.3 Å². The summed E-state index contributed by atoms with van der Waals surface area (Å²) in [6.07, 6.45) is 1.76. The van der Waals surface area contributed by atoms with E-state index in [2.05, 4.69) is 0 Å². The molecule has 2 heterocycles. The molecule has 5 atom stereocenters. The van der Waals surface area contributed by atoms with Crippen molar-refractivity contribution < 1.29 is 31.1 Å². The van der Waals surface area contributed by atoms with Crippen LogP contribution in [0.5, 0.6) is 0 Å². The molecule has 1 amide bonds. The Morgan fingerprint density at radius 3 is 2.56 bits per heavy atom. The minimum atomic E-state index is -4.06. The molecule has 3 aliphatic rings. The topological polar surface area (TPSA) is 75.7 Å². The number of likely N-dealkylation sites (tertiary alicyclic amines) is 1. The fourth-order valence-corrected chi connectivity index (χ4v) is 5.77. The first kappa shape index (κ1) is 25.2. The van der Waals surface area contributed by atoms with Gasteiger partial charge in [0.15, 0.2) is 0 Å². The Hall–Kier alpha value is -1.88. The van der Waals surface area contributed by atoms with E-state index in [-0.39, 0.29) is 5.57 Å². The smallest absolute Gasteiger partial charge is 0.283 e. The number of ether oxygens (including phenoxy) is 1. The number of alkyl halides is 4. The van der Waals surface area contributed by atoms with Crippen molar-refractivity contribution in [2.24, 2.45) is 0 Å². The van der Waals surface area contributed by atoms with Crippen LogP contribution in [0.15, 0.2) is 48.6 Å². The van der Waals surface area contributed by atoms with Gasteiger partial charge in [-0.3, -0.25) is 4.79 Å². The number of halogens is 4. The zero-order valence-corrected chi connectivity index (χ0v) is 20.0. The molecule has 6 nitrogen and oxygen atoms in total. The molecule has 2 aliphatic heterocycles. The predicted molar refractivity (Wildman–Crippen MR) is 123 cm³/mol. The quantitative estimate of drug-likeness (QED) is 0.562. The number of carbonyl (C=O) groups excluding carboxylic acids is 1. The monoisotopic (exact) mass is 518 g/mol. The average Bonchev–Trinajstić information content (AvgIpc) is 2.99. The van der Waals surface area contributed by atoms with Gasteiger partial charge < -0.3 is 9.64 Å². The van der Waals surface area contributed by atoms with Crippen molar-refractivity contribution in [2.75, 3.05) is 18.9 Å². The lowest BCUT2D eigenvalue weighted by Gasteiger charge is -2.39. The summed E-state index contributed by atoms with van der Waals surface area (Å²) in [6.45, 7) is 0.635. The largest absolute Gasteiger partial charge is 0.368 e. The molecular weight excluding hydrogens is 493 g/mol. The number of amides is 1. The van der Waals surface area contributed by atoms with E-state index in [1.54, 1.807) is 42.5 Å². The van der Waals surface area contributed by atoms with Crippen LogP contribution in [0.1, 0.15) is 25.3 Å². The highest BCUT2D eigenvalue weighted by atomic mass is 35.5. The van der Waals surface area contributed by atoms with E-state index in [0.29, 0.717) is 18.6 Å². The first-order valence-electron chi connectivity index (χ1n) is 11.0. The lowest BCUT2D eigenvalue weighted by atomic mass is 9.82. The molecule has 0 radical (unpaired) electrons. The third-order valence-corrected chi connectivity index (χ3v) is 8.38. The van der Waals surface area contributed by atoms with Crippen molar-refractivity contribution in [1.29, 1.82) is 0 Å². The summed E-state index contributed by atoms with van der Waals surface area (Å²) in [7, 11) is -4.06. The van der Waals surface area contributed by atoms with Gasteiger partial charge in [0.25, 0.3) is 11.8 Å². The van der Waals surface area contributed by atoms with Gasteiger partial charge in [0, 0.05) is 6.42 Å². The average molecular weight is 519 g/mol. The van der Waals surface area contributed by atoms with Crippen LogP contribution in [0.4, 0.5) is 13.2 Å². The zero-order chi connectivity index (χ0) is 24.7. The van der Waals surface area contributed by atoms with Crippen molar-refractivity contribution in [3.05, 3.63) is 54.1 Å². The van der Waals surface area contributed by atoms with Crippen LogP contribution in [0.25, 0.3) is 5.57 Å². The summed E-state index contributed by atoms with van der Waals surface area (Å²) in [5, 5.41) is 0. The van der Waals surface area contributed by atoms with Crippen molar-refractivity contribution in [1.82, 2.24) is 9.62 Å². The Bertz CT molecular complexity index is 1090. The minimum Gasteiger partial charge on any atom is -0.368 e. The van der Waals surface area contributed by atoms with Gasteiger partial charge in [-0.25, -0.2) is 26.3 Å². The molecule has 2 fully saturated rings. The lowest BCUT2D eigenvalue weighted by Crippen LogP contribution is -2.56. The van der Waals surface area contributed by atoms with Gasteiger partial charge >= 0.3 is 0 Å². The SMILES string of the molecule is CCS(=O)(=O)N[C@@H]1[C@H](CC2(Cl)C=CC=C(c3ccccc3)C2F)N(C(=O)C2CCO2)CC1(F)F. The van der Waals surface area contributed by atoms with Crippen molar-refractivity contribution in [3.63, 3.8) is 0 Å². The summed E-state index contributed by atoms with van der Waals surface area (Å²) >= 11 is 6.72. The molecule has 11 heteroatoms. The Morgan fingerprint density at radius 2 is 1.97 bits per heavy atom. The van der Waals surface area contributed by atoms with E-state index in [9.17, 15) is 13.2 Å². The number of nitrogens with zero attached hydrogens (tertiary/aromatic N) is 1. The van der Waals surface area contributed by atoms with Gasteiger partial charge in [0.2, 0.25) is 10.0 Å². The van der Waals surface area contributed by atoms with Gasteiger partial charge in [-0.15, -0.1) is 11.6 Å². The van der Waals surface area contributed by atoms with E-state index in [4.69, 9.17) is 16.3 Å². The molecule has 1 aromatic rings. The number of hydrogen-bond acceptors (Lipinski definition) is 4. The van der Waals surface area contributed by atoms with Gasteiger partial charge in [-0.05, 0) is 24.5 Å². The molecule has 1 aromatic carbocycles. The van der Waals surface area contributed by atoms with Crippen LogP contribution in [0.3, 0.4) is 0 Å². The van der Waals surface area contributed by atoms with Gasteiger partial charge in [-0.1, -0.05) is 48.6 Å². The highest BCUT2D eigenvalue weighted by Gasteiger charge is 2.60. The van der Waals surface area contributed by atoms with Crippen LogP contribution in [-0.2, 0) is 19.6 Å². The second-order valence-corrected chi connectivity index (χ2v) is 11.5. The molecule has 0 saturated carbocycles. The van der Waals surface area contributed by atoms with Crippen molar-refractivity contribution >= 4 is 33.1 Å². The third-order valence-electron chi connectivity index (χ3n) is 6.54. The second kappa shape index (κ2) is 9.29. The molecule has 4 rings (SSSR count). The van der Waals surface area contributed by atoms with Crippen LogP contribution < -0.4 is 4.72 Å². The minimum absolute atomic E-state index is 0.272. The predicted octanol–water partition coefficient (Wildman–Crippen LogP) is 3.29. The number of nitrogens with one attached hydrogen (secondary N) is 1. The Kier molecular flexibility index (Phi) is 6.89. The Labute approximate surface area is 201 Å². The molecule has 0 spiro atoms. The molecular formula is C23H26ClF3N2O4S. The summed E-state index contributed by atoms with van der Waals surface area (Å²) in [5.74, 6) is -4.68. The normalized spacial score (nSPS) is 32.9. The van der Waals surface area contributed by atoms with E-state index >= 15 is 13.2 Å². The number of benzene rings is 1. The Morgan fingerprint density at radius 1 is 1.29 bits per heavy atom. The van der Waals surface area contributed by atoms with E-state index < -0.39 is 69.8 Å². The highest BCUT2D eigenvalue weighted by molar-refractivity contribution is 7.89. The standard InChI is InChI=1S/C23H26ClF3N2O4S/c1-2-34(31,32)28-20-17(29(14-23(20,26)27)21(30)18-10-12-33-18)13-22(24)11-6-9-16(19(22)25)15-7-4-3-5-8-15/h3-9,11,17-20,28H,2,10,12-14H2,1H3/t17-,18?,19?,20+,22?/m0/s1. The summed E-state index contributed by atoms with van der Waals surface area (Å²) in [4.78, 5) is 12.1. The number of hydrogen-bond donors (Lipinski definition) is 1. The fraction of sp³-hybridized carbons (Fsp3) is 0.522. The highest BCUT2D eigenvalue weighted by Crippen LogP contribution is 2.45. The molecule has 186 valence electrons. The van der Waals surface area contributed by atoms with Crippen LogP contribution >= 0.6 is 11.6 Å². The van der Waals surface area contributed by atoms with Crippen LogP contribution in [0, 0.1) is 0 Å². The molecule has 1 N–H and O–H groups in total. The van der Waals surface area contributed by atoms with Gasteiger partial charge in [0.1, 0.15) is 23.2 Å². The first-order valence-corrected chi connectivity index (χ1v) is 13.1. The third kappa shape index (κ3) is 4.78. The summed E-state index contributed by atoms with van der Waals surface area (Å²) < 4.78 is 77.7. The second-order valence-electron chi connectivity index (χ2n) is 8.78. The maximum Gasteiger partial charge on any atom is 0.283 e. The number of allylic oxidation sites excluding steroid dienone is 4. The summed E-state index contributed by atoms with van der Waals surface area (Å²) in [6, 6.07) is 5.33. The lowest BCUT2D eigenvalue weighted by molar-refractivity contribution is -0.158. The van der Waals surface area contributed by atoms with E-state index in [1.165, 1.54) is 13.0 Å². The Balaban J connectivity index is 1.68. The molecule has 3 unspecified atom stereocenters. The molecule has 1 aliphatic carbocycles.